The first kappa shape index (κ1) is 13.0. The summed E-state index contributed by atoms with van der Waals surface area (Å²) in [7, 11) is 0. The average molecular weight is 244 g/mol. The summed E-state index contributed by atoms with van der Waals surface area (Å²) in [5, 5.41) is 0.119. The molecule has 0 radical (unpaired) electrons. The lowest BCUT2D eigenvalue weighted by Crippen LogP contribution is -2.35. The van der Waals surface area contributed by atoms with Gasteiger partial charge < -0.3 is 0 Å². The first-order valence-electron chi connectivity index (χ1n) is 4.37. The minimum absolute atomic E-state index is 0.0952. The predicted octanol–water partition coefficient (Wildman–Crippen LogP) is 3.04. The molecular formula is C10H7F3N2O2. The van der Waals surface area contributed by atoms with Gasteiger partial charge in [0.1, 0.15) is 0 Å². The summed E-state index contributed by atoms with van der Waals surface area (Å²) in [6, 6.07) is 4.97. The van der Waals surface area contributed by atoms with E-state index in [1.807, 2.05) is 0 Å². The molecule has 17 heavy (non-hydrogen) atoms. The highest BCUT2D eigenvalue weighted by atomic mass is 19.4. The van der Waals surface area contributed by atoms with Gasteiger partial charge >= 0.3 is 6.36 Å². The van der Waals surface area contributed by atoms with E-state index in [0.717, 1.165) is 6.92 Å². The molecule has 0 saturated heterocycles. The summed E-state index contributed by atoms with van der Waals surface area (Å²) >= 11 is 0. The van der Waals surface area contributed by atoms with Gasteiger partial charge in [-0.2, -0.15) is 9.90 Å². The zero-order valence-electron chi connectivity index (χ0n) is 8.65. The lowest BCUT2D eigenvalue weighted by molar-refractivity contribution is -0.327. The van der Waals surface area contributed by atoms with Crippen LogP contribution in [0.15, 0.2) is 24.3 Å². The number of hydrogen-bond donors (Lipinski definition) is 0. The Morgan fingerprint density at radius 3 is 2.24 bits per heavy atom. The maximum Gasteiger partial charge on any atom is 0.544 e. The first-order valence-corrected chi connectivity index (χ1v) is 4.37. The van der Waals surface area contributed by atoms with E-state index in [4.69, 9.17) is 6.57 Å². The van der Waals surface area contributed by atoms with Gasteiger partial charge in [-0.3, -0.25) is 4.79 Å². The van der Waals surface area contributed by atoms with Gasteiger partial charge in [0.25, 0.3) is 0 Å². The standard InChI is InChI=1S/C10H7F3N2O2/c1-7(16)15(17-10(11,12)13)9-5-3-8(14-2)4-6-9/h3-6H,1H3. The molecule has 0 aliphatic heterocycles. The van der Waals surface area contributed by atoms with Gasteiger partial charge in [-0.05, 0) is 12.1 Å². The summed E-state index contributed by atoms with van der Waals surface area (Å²) in [5.74, 6) is -0.919. The van der Waals surface area contributed by atoms with Crippen molar-refractivity contribution < 1.29 is 22.8 Å². The highest BCUT2D eigenvalue weighted by Crippen LogP contribution is 2.25. The van der Waals surface area contributed by atoms with E-state index in [-0.39, 0.29) is 16.4 Å². The summed E-state index contributed by atoms with van der Waals surface area (Å²) in [6.45, 7) is 7.62. The van der Waals surface area contributed by atoms with E-state index in [1.165, 1.54) is 24.3 Å². The number of benzene rings is 1. The third-order valence-corrected chi connectivity index (χ3v) is 1.69. The molecule has 0 aliphatic carbocycles. The van der Waals surface area contributed by atoms with Crippen LogP contribution >= 0.6 is 0 Å². The maximum atomic E-state index is 12.0. The van der Waals surface area contributed by atoms with Crippen molar-refractivity contribution in [2.24, 2.45) is 0 Å². The quantitative estimate of drug-likeness (QED) is 0.591. The zero-order chi connectivity index (χ0) is 13.1. The molecule has 0 atom stereocenters. The number of alkyl halides is 3. The van der Waals surface area contributed by atoms with Crippen molar-refractivity contribution in [2.45, 2.75) is 13.3 Å². The molecule has 90 valence electrons. The Kier molecular flexibility index (Phi) is 3.70. The Balaban J connectivity index is 2.99. The topological polar surface area (TPSA) is 33.9 Å². The van der Waals surface area contributed by atoms with Gasteiger partial charge in [-0.15, -0.1) is 13.2 Å². The average Bonchev–Trinajstić information content (AvgIpc) is 2.25. The number of hydroxylamine groups is 1. The van der Waals surface area contributed by atoms with E-state index in [1.54, 1.807) is 0 Å². The number of nitrogens with zero attached hydrogens (tertiary/aromatic N) is 2. The molecule has 0 fully saturated rings. The van der Waals surface area contributed by atoms with E-state index in [0.29, 0.717) is 0 Å². The van der Waals surface area contributed by atoms with Crippen LogP contribution in [0.2, 0.25) is 0 Å². The minimum Gasteiger partial charge on any atom is -0.273 e. The van der Waals surface area contributed by atoms with E-state index >= 15 is 0 Å². The van der Waals surface area contributed by atoms with Crippen molar-refractivity contribution >= 4 is 17.3 Å². The number of amides is 1. The number of anilines is 1. The lowest BCUT2D eigenvalue weighted by Gasteiger charge is -2.21. The molecule has 1 rings (SSSR count). The minimum atomic E-state index is -4.95. The molecular weight excluding hydrogens is 237 g/mol. The van der Waals surface area contributed by atoms with Gasteiger partial charge in [-0.1, -0.05) is 12.1 Å². The molecule has 0 N–H and O–H groups in total. The number of rotatable bonds is 2. The summed E-state index contributed by atoms with van der Waals surface area (Å²) in [5.41, 5.74) is 0.159. The summed E-state index contributed by atoms with van der Waals surface area (Å²) in [6.07, 6.45) is -4.95. The fourth-order valence-electron chi connectivity index (χ4n) is 1.06. The second-order valence-electron chi connectivity index (χ2n) is 2.98. The van der Waals surface area contributed by atoms with Gasteiger partial charge in [-0.25, -0.2) is 4.85 Å². The van der Waals surface area contributed by atoms with Gasteiger partial charge in [0.15, 0.2) is 5.69 Å². The second-order valence-corrected chi connectivity index (χ2v) is 2.98. The van der Waals surface area contributed by atoms with Gasteiger partial charge in [0.2, 0.25) is 5.91 Å². The fraction of sp³-hybridized carbons (Fsp3) is 0.200. The zero-order valence-corrected chi connectivity index (χ0v) is 8.65. The van der Waals surface area contributed by atoms with Crippen LogP contribution in [0.1, 0.15) is 6.92 Å². The molecule has 0 bridgehead atoms. The van der Waals surface area contributed by atoms with Crippen molar-refractivity contribution in [3.8, 4) is 0 Å². The largest absolute Gasteiger partial charge is 0.544 e. The molecule has 0 aliphatic rings. The Labute approximate surface area is 95.0 Å². The Bertz CT molecular complexity index is 448. The Morgan fingerprint density at radius 1 is 1.35 bits per heavy atom. The first-order chi connectivity index (χ1) is 7.83. The van der Waals surface area contributed by atoms with Crippen LogP contribution in [0.4, 0.5) is 24.5 Å². The number of hydrogen-bond acceptors (Lipinski definition) is 2. The second kappa shape index (κ2) is 4.84. The Hall–Kier alpha value is -2.07. The van der Waals surface area contributed by atoms with Crippen LogP contribution in [0.3, 0.4) is 0 Å². The smallest absolute Gasteiger partial charge is 0.273 e. The van der Waals surface area contributed by atoms with Gasteiger partial charge in [0.05, 0.1) is 12.3 Å². The normalized spacial score (nSPS) is 10.8. The monoisotopic (exact) mass is 244 g/mol. The fourth-order valence-corrected chi connectivity index (χ4v) is 1.06. The molecule has 0 spiro atoms. The third-order valence-electron chi connectivity index (χ3n) is 1.69. The third kappa shape index (κ3) is 3.77. The molecule has 0 saturated carbocycles. The predicted molar refractivity (Wildman–Crippen MR) is 53.0 cm³/mol. The molecule has 7 heteroatoms. The Morgan fingerprint density at radius 2 is 1.88 bits per heavy atom. The van der Waals surface area contributed by atoms with E-state index in [9.17, 15) is 18.0 Å². The van der Waals surface area contributed by atoms with E-state index in [2.05, 4.69) is 9.68 Å². The van der Waals surface area contributed by atoms with Gasteiger partial charge in [0, 0.05) is 6.92 Å². The van der Waals surface area contributed by atoms with Crippen LogP contribution in [-0.4, -0.2) is 12.3 Å². The summed E-state index contributed by atoms with van der Waals surface area (Å²) < 4.78 is 36.1. The van der Waals surface area contributed by atoms with Crippen molar-refractivity contribution in [3.05, 3.63) is 35.7 Å². The van der Waals surface area contributed by atoms with Crippen molar-refractivity contribution in [3.63, 3.8) is 0 Å². The lowest BCUT2D eigenvalue weighted by atomic mass is 10.3. The molecule has 0 heterocycles. The molecule has 1 aromatic carbocycles. The number of carbonyl (C=O) groups excluding carboxylic acids is 1. The highest BCUT2D eigenvalue weighted by molar-refractivity contribution is 5.89. The van der Waals surface area contributed by atoms with Crippen LogP contribution in [-0.2, 0) is 9.63 Å². The highest BCUT2D eigenvalue weighted by Gasteiger charge is 2.35. The van der Waals surface area contributed by atoms with Crippen molar-refractivity contribution in [2.75, 3.05) is 5.06 Å². The van der Waals surface area contributed by atoms with Crippen molar-refractivity contribution in [1.29, 1.82) is 0 Å². The maximum absolute atomic E-state index is 12.0. The van der Waals surface area contributed by atoms with Crippen molar-refractivity contribution in [1.82, 2.24) is 0 Å². The van der Waals surface area contributed by atoms with Crippen LogP contribution in [0.25, 0.3) is 4.85 Å². The number of halogens is 3. The SMILES string of the molecule is [C-]#[N+]c1ccc(N(OC(F)(F)F)C(C)=O)cc1. The molecule has 1 amide bonds. The van der Waals surface area contributed by atoms with Crippen LogP contribution in [0.5, 0.6) is 0 Å². The molecule has 0 unspecified atom stereocenters. The summed E-state index contributed by atoms with van der Waals surface area (Å²) in [4.78, 5) is 17.7. The molecule has 4 nitrogen and oxygen atoms in total. The number of carbonyl (C=O) groups is 1. The van der Waals surface area contributed by atoms with Crippen LogP contribution in [0, 0.1) is 6.57 Å². The molecule has 1 aromatic rings. The molecule has 0 aromatic heterocycles. The van der Waals surface area contributed by atoms with Crippen LogP contribution < -0.4 is 5.06 Å². The van der Waals surface area contributed by atoms with E-state index < -0.39 is 12.3 Å².